The van der Waals surface area contributed by atoms with Gasteiger partial charge in [0.1, 0.15) is 11.2 Å². The molecular weight excluding hydrogens is 276 g/mol. The summed E-state index contributed by atoms with van der Waals surface area (Å²) in [5.41, 5.74) is 4.98. The van der Waals surface area contributed by atoms with E-state index in [-0.39, 0.29) is 22.1 Å². The van der Waals surface area contributed by atoms with Gasteiger partial charge in [0, 0.05) is 18.2 Å². The van der Waals surface area contributed by atoms with E-state index < -0.39 is 14.9 Å². The Morgan fingerprint density at radius 2 is 2.11 bits per heavy atom. The molecular formula is C9H8N4O5S. The van der Waals surface area contributed by atoms with Crippen molar-refractivity contribution < 1.29 is 17.9 Å². The lowest BCUT2D eigenvalue weighted by Gasteiger charge is -2.07. The fourth-order valence-electron chi connectivity index (χ4n) is 1.35. The maximum Gasteiger partial charge on any atom is 0.271 e. The molecule has 10 heteroatoms. The molecule has 1 aromatic heterocycles. The second kappa shape index (κ2) is 4.57. The van der Waals surface area contributed by atoms with Gasteiger partial charge in [-0.3, -0.25) is 14.8 Å². The third-order valence-electron chi connectivity index (χ3n) is 2.17. The first-order valence-electron chi connectivity index (χ1n) is 4.87. The number of benzene rings is 1. The minimum atomic E-state index is -3.98. The highest BCUT2D eigenvalue weighted by atomic mass is 32.2. The van der Waals surface area contributed by atoms with Gasteiger partial charge >= 0.3 is 0 Å². The number of nitrogen functional groups attached to an aromatic ring is 1. The van der Waals surface area contributed by atoms with Crippen molar-refractivity contribution in [3.8, 4) is 0 Å². The first-order chi connectivity index (χ1) is 8.90. The Morgan fingerprint density at radius 3 is 2.63 bits per heavy atom. The Labute approximate surface area is 107 Å². The lowest BCUT2D eigenvalue weighted by molar-refractivity contribution is -0.384. The molecule has 0 aliphatic rings. The van der Waals surface area contributed by atoms with Gasteiger partial charge in [0.2, 0.25) is 0 Å². The van der Waals surface area contributed by atoms with Crippen LogP contribution in [0.1, 0.15) is 0 Å². The third kappa shape index (κ3) is 2.63. The first-order valence-corrected chi connectivity index (χ1v) is 6.35. The standard InChI is InChI=1S/C9H8N4O5S/c10-7-5-6(13(14)15)1-2-8(7)19(16,17)12-9-3-4-18-11-9/h1-5H,10H2,(H,11,12). The topological polar surface area (TPSA) is 141 Å². The molecule has 2 aromatic rings. The van der Waals surface area contributed by atoms with Gasteiger partial charge in [0.05, 0.1) is 10.6 Å². The lowest BCUT2D eigenvalue weighted by Crippen LogP contribution is -2.15. The Hall–Kier alpha value is -2.62. The van der Waals surface area contributed by atoms with Crippen molar-refractivity contribution in [3.05, 3.63) is 40.6 Å². The summed E-state index contributed by atoms with van der Waals surface area (Å²) in [4.78, 5) is 9.59. The Kier molecular flexibility index (Phi) is 3.09. The van der Waals surface area contributed by atoms with Gasteiger partial charge in [-0.05, 0) is 6.07 Å². The van der Waals surface area contributed by atoms with Gasteiger partial charge in [-0.1, -0.05) is 5.16 Å². The number of nitrogens with two attached hydrogens (primary N) is 1. The summed E-state index contributed by atoms with van der Waals surface area (Å²) in [5.74, 6) is -0.0160. The number of nitrogens with zero attached hydrogens (tertiary/aromatic N) is 2. The molecule has 0 fully saturated rings. The van der Waals surface area contributed by atoms with Crippen molar-refractivity contribution >= 4 is 27.2 Å². The summed E-state index contributed by atoms with van der Waals surface area (Å²) in [7, 11) is -3.98. The molecule has 0 radical (unpaired) electrons. The van der Waals surface area contributed by atoms with E-state index in [0.717, 1.165) is 18.2 Å². The van der Waals surface area contributed by atoms with Gasteiger partial charge in [-0.15, -0.1) is 0 Å². The number of nitro benzene ring substituents is 1. The Balaban J connectivity index is 2.38. The monoisotopic (exact) mass is 284 g/mol. The van der Waals surface area contributed by atoms with Gasteiger partial charge in [0.15, 0.2) is 5.82 Å². The number of sulfonamides is 1. The number of anilines is 2. The smallest absolute Gasteiger partial charge is 0.271 e. The van der Waals surface area contributed by atoms with Gasteiger partial charge in [-0.25, -0.2) is 8.42 Å². The van der Waals surface area contributed by atoms with Crippen LogP contribution in [0.5, 0.6) is 0 Å². The van der Waals surface area contributed by atoms with Crippen LogP contribution in [0.2, 0.25) is 0 Å². The number of nitro groups is 1. The number of non-ortho nitro benzene ring substituents is 1. The zero-order valence-corrected chi connectivity index (χ0v) is 10.1. The number of rotatable bonds is 4. The van der Waals surface area contributed by atoms with Crippen LogP contribution in [-0.2, 0) is 10.0 Å². The summed E-state index contributed by atoms with van der Waals surface area (Å²) in [6.07, 6.45) is 1.19. The highest BCUT2D eigenvalue weighted by Crippen LogP contribution is 2.25. The second-order valence-corrected chi connectivity index (χ2v) is 5.12. The maximum absolute atomic E-state index is 12.0. The van der Waals surface area contributed by atoms with E-state index in [1.54, 1.807) is 0 Å². The largest absolute Gasteiger partial charge is 0.397 e. The first kappa shape index (κ1) is 12.8. The lowest BCUT2D eigenvalue weighted by atomic mass is 10.3. The summed E-state index contributed by atoms with van der Waals surface area (Å²) >= 11 is 0. The average Bonchev–Trinajstić information content (AvgIpc) is 2.80. The van der Waals surface area contributed by atoms with E-state index in [1.165, 1.54) is 12.3 Å². The molecule has 1 aromatic carbocycles. The number of aromatic nitrogens is 1. The van der Waals surface area contributed by atoms with Crippen LogP contribution in [0.4, 0.5) is 17.2 Å². The van der Waals surface area contributed by atoms with Crippen LogP contribution in [0.15, 0.2) is 39.9 Å². The number of hydrogen-bond donors (Lipinski definition) is 2. The van der Waals surface area contributed by atoms with Crippen molar-refractivity contribution in [2.45, 2.75) is 4.90 Å². The SMILES string of the molecule is Nc1cc([N+](=O)[O-])ccc1S(=O)(=O)Nc1ccon1. The molecule has 100 valence electrons. The van der Waals surface area contributed by atoms with Gasteiger partial charge in [-0.2, -0.15) is 0 Å². The van der Waals surface area contributed by atoms with Crippen LogP contribution < -0.4 is 10.5 Å². The Bertz CT molecular complexity index is 710. The summed E-state index contributed by atoms with van der Waals surface area (Å²) < 4.78 is 30.5. The molecule has 0 spiro atoms. The van der Waals surface area contributed by atoms with Crippen molar-refractivity contribution in [1.82, 2.24) is 5.16 Å². The molecule has 3 N–H and O–H groups in total. The normalized spacial score (nSPS) is 11.2. The molecule has 0 aliphatic heterocycles. The predicted octanol–water partition coefficient (Wildman–Crippen LogP) is 0.966. The molecule has 0 saturated heterocycles. The van der Waals surface area contributed by atoms with Crippen LogP contribution >= 0.6 is 0 Å². The fourth-order valence-corrected chi connectivity index (χ4v) is 2.46. The minimum absolute atomic E-state index is 0.0160. The molecule has 0 unspecified atom stereocenters. The van der Waals surface area contributed by atoms with E-state index in [1.807, 2.05) is 0 Å². The highest BCUT2D eigenvalue weighted by Gasteiger charge is 2.21. The van der Waals surface area contributed by atoms with E-state index >= 15 is 0 Å². The zero-order chi connectivity index (χ0) is 14.0. The molecule has 0 bridgehead atoms. The molecule has 0 saturated carbocycles. The van der Waals surface area contributed by atoms with Gasteiger partial charge < -0.3 is 10.3 Å². The average molecular weight is 284 g/mol. The van der Waals surface area contributed by atoms with Crippen LogP contribution in [0.3, 0.4) is 0 Å². The van der Waals surface area contributed by atoms with Crippen molar-refractivity contribution in [1.29, 1.82) is 0 Å². The maximum atomic E-state index is 12.0. The van der Waals surface area contributed by atoms with Gasteiger partial charge in [0.25, 0.3) is 15.7 Å². The molecule has 2 rings (SSSR count). The highest BCUT2D eigenvalue weighted by molar-refractivity contribution is 7.92. The Morgan fingerprint density at radius 1 is 1.37 bits per heavy atom. The molecule has 0 aliphatic carbocycles. The van der Waals surface area contributed by atoms with E-state index in [0.29, 0.717) is 0 Å². The summed E-state index contributed by atoms with van der Waals surface area (Å²) in [6.45, 7) is 0. The third-order valence-corrected chi connectivity index (χ3v) is 3.60. The van der Waals surface area contributed by atoms with Crippen molar-refractivity contribution in [2.24, 2.45) is 0 Å². The second-order valence-electron chi connectivity index (χ2n) is 3.47. The van der Waals surface area contributed by atoms with E-state index in [4.69, 9.17) is 5.73 Å². The van der Waals surface area contributed by atoms with E-state index in [9.17, 15) is 18.5 Å². The quantitative estimate of drug-likeness (QED) is 0.483. The fraction of sp³-hybridized carbons (Fsp3) is 0. The zero-order valence-electron chi connectivity index (χ0n) is 9.31. The molecule has 0 atom stereocenters. The van der Waals surface area contributed by atoms with Crippen LogP contribution in [0, 0.1) is 10.1 Å². The predicted molar refractivity (Wildman–Crippen MR) is 64.8 cm³/mol. The van der Waals surface area contributed by atoms with E-state index in [2.05, 4.69) is 14.4 Å². The van der Waals surface area contributed by atoms with Crippen molar-refractivity contribution in [3.63, 3.8) is 0 Å². The molecule has 1 heterocycles. The van der Waals surface area contributed by atoms with Crippen molar-refractivity contribution in [2.75, 3.05) is 10.5 Å². The molecule has 19 heavy (non-hydrogen) atoms. The summed E-state index contributed by atoms with van der Waals surface area (Å²) in [6, 6.07) is 4.38. The molecule has 0 amide bonds. The number of hydrogen-bond acceptors (Lipinski definition) is 7. The number of nitrogens with one attached hydrogen (secondary N) is 1. The summed E-state index contributed by atoms with van der Waals surface area (Å²) in [5, 5.41) is 13.9. The molecule has 9 nitrogen and oxygen atoms in total. The van der Waals surface area contributed by atoms with Crippen LogP contribution in [0.25, 0.3) is 0 Å². The van der Waals surface area contributed by atoms with Crippen LogP contribution in [-0.4, -0.2) is 18.5 Å². The minimum Gasteiger partial charge on any atom is -0.397 e.